The first-order chi connectivity index (χ1) is 7.63. The number of carbonyl (C=O) groups is 1. The van der Waals surface area contributed by atoms with Gasteiger partial charge in [-0.25, -0.2) is 0 Å². The van der Waals surface area contributed by atoms with Crippen molar-refractivity contribution < 1.29 is 14.5 Å². The summed E-state index contributed by atoms with van der Waals surface area (Å²) < 4.78 is 5.84. The Kier molecular flexibility index (Phi) is 4.33. The van der Waals surface area contributed by atoms with E-state index in [1.165, 1.54) is 7.11 Å². The number of carbonyl (C=O) groups excluding carboxylic acids is 1. The standard InChI is InChI=1S/C7H11N5O4/c1-16-3-2-8-6(13)4-11-5-9-7(10-11)12(14)15/h5H,2-4H2,1H3,(H,8,13). The van der Waals surface area contributed by atoms with Crippen LogP contribution in [0.3, 0.4) is 0 Å². The lowest BCUT2D eigenvalue weighted by Gasteiger charge is -2.01. The Morgan fingerprint density at radius 2 is 2.50 bits per heavy atom. The molecule has 9 heteroatoms. The van der Waals surface area contributed by atoms with Crippen molar-refractivity contribution in [2.45, 2.75) is 6.54 Å². The van der Waals surface area contributed by atoms with Crippen molar-refractivity contribution in [1.82, 2.24) is 20.1 Å². The topological polar surface area (TPSA) is 112 Å². The summed E-state index contributed by atoms with van der Waals surface area (Å²) in [6.07, 6.45) is 1.13. The number of hydrogen-bond donors (Lipinski definition) is 1. The maximum atomic E-state index is 11.2. The summed E-state index contributed by atoms with van der Waals surface area (Å²) in [6, 6.07) is 0. The molecular weight excluding hydrogens is 218 g/mol. The van der Waals surface area contributed by atoms with Gasteiger partial charge in [-0.05, 0) is 4.92 Å². The lowest BCUT2D eigenvalue weighted by molar-refractivity contribution is -0.394. The van der Waals surface area contributed by atoms with Crippen LogP contribution < -0.4 is 5.32 Å². The van der Waals surface area contributed by atoms with Crippen LogP contribution in [0, 0.1) is 10.1 Å². The van der Waals surface area contributed by atoms with E-state index < -0.39 is 10.9 Å². The highest BCUT2D eigenvalue weighted by molar-refractivity contribution is 5.75. The highest BCUT2D eigenvalue weighted by Crippen LogP contribution is 1.98. The minimum absolute atomic E-state index is 0.107. The fraction of sp³-hybridized carbons (Fsp3) is 0.571. The maximum absolute atomic E-state index is 11.2. The first-order valence-electron chi connectivity index (χ1n) is 4.43. The summed E-state index contributed by atoms with van der Waals surface area (Å²) in [5.74, 6) is -0.832. The summed E-state index contributed by atoms with van der Waals surface area (Å²) in [5, 5.41) is 16.3. The summed E-state index contributed by atoms with van der Waals surface area (Å²) in [5.41, 5.74) is 0. The van der Waals surface area contributed by atoms with Gasteiger partial charge in [-0.1, -0.05) is 4.98 Å². The molecule has 0 saturated heterocycles. The average molecular weight is 229 g/mol. The Bertz CT molecular complexity index is 377. The first-order valence-corrected chi connectivity index (χ1v) is 4.43. The summed E-state index contributed by atoms with van der Waals surface area (Å²) in [6.45, 7) is 0.680. The van der Waals surface area contributed by atoms with Crippen molar-refractivity contribution >= 4 is 11.9 Å². The highest BCUT2D eigenvalue weighted by atomic mass is 16.6. The summed E-state index contributed by atoms with van der Waals surface area (Å²) >= 11 is 0. The summed E-state index contributed by atoms with van der Waals surface area (Å²) in [7, 11) is 1.52. The minimum Gasteiger partial charge on any atom is -0.390 e. The number of amides is 1. The molecule has 0 aliphatic carbocycles. The Morgan fingerprint density at radius 3 is 3.06 bits per heavy atom. The van der Waals surface area contributed by atoms with Gasteiger partial charge in [-0.2, -0.15) is 4.68 Å². The molecule has 1 rings (SSSR count). The van der Waals surface area contributed by atoms with Gasteiger partial charge >= 0.3 is 5.95 Å². The smallest absolute Gasteiger partial charge is 0.390 e. The normalized spacial score (nSPS) is 10.1. The van der Waals surface area contributed by atoms with Crippen molar-refractivity contribution in [2.75, 3.05) is 20.3 Å². The molecule has 0 aromatic carbocycles. The number of methoxy groups -OCH3 is 1. The number of rotatable bonds is 6. The van der Waals surface area contributed by atoms with Gasteiger partial charge in [0.1, 0.15) is 6.54 Å². The van der Waals surface area contributed by atoms with E-state index in [2.05, 4.69) is 15.4 Å². The molecule has 0 saturated carbocycles. The van der Waals surface area contributed by atoms with Gasteiger partial charge in [0.2, 0.25) is 12.2 Å². The van der Waals surface area contributed by atoms with Gasteiger partial charge < -0.3 is 20.2 Å². The number of ether oxygens (including phenoxy) is 1. The predicted octanol–water partition coefficient (Wildman–Crippen LogP) is -1.05. The minimum atomic E-state index is -0.723. The van der Waals surface area contributed by atoms with E-state index in [9.17, 15) is 14.9 Å². The van der Waals surface area contributed by atoms with Crippen molar-refractivity contribution in [1.29, 1.82) is 0 Å². The van der Waals surface area contributed by atoms with Crippen LogP contribution in [0.2, 0.25) is 0 Å². The van der Waals surface area contributed by atoms with Crippen LogP contribution in [0.4, 0.5) is 5.95 Å². The van der Waals surface area contributed by atoms with Crippen molar-refractivity contribution in [3.8, 4) is 0 Å². The fourth-order valence-corrected chi connectivity index (χ4v) is 0.940. The molecule has 1 aromatic rings. The molecule has 1 aromatic heterocycles. The Hall–Kier alpha value is -2.03. The molecule has 88 valence electrons. The molecule has 1 amide bonds. The Balaban J connectivity index is 2.40. The van der Waals surface area contributed by atoms with Gasteiger partial charge in [0.15, 0.2) is 0 Å². The number of aromatic nitrogens is 3. The molecule has 0 atom stereocenters. The van der Waals surface area contributed by atoms with Gasteiger partial charge in [-0.3, -0.25) is 4.79 Å². The molecule has 1 N–H and O–H groups in total. The van der Waals surface area contributed by atoms with E-state index in [0.717, 1.165) is 11.0 Å². The largest absolute Gasteiger partial charge is 0.490 e. The van der Waals surface area contributed by atoms with Crippen LogP contribution in [-0.4, -0.2) is 45.9 Å². The molecule has 0 aliphatic heterocycles. The van der Waals surface area contributed by atoms with E-state index in [4.69, 9.17) is 4.74 Å². The van der Waals surface area contributed by atoms with E-state index in [-0.39, 0.29) is 12.5 Å². The quantitative estimate of drug-likeness (QED) is 0.378. The fourth-order valence-electron chi connectivity index (χ4n) is 0.940. The van der Waals surface area contributed by atoms with Crippen LogP contribution >= 0.6 is 0 Å². The SMILES string of the molecule is COCCNC(=O)Cn1cnc([N+](=O)[O-])n1. The maximum Gasteiger partial charge on any atom is 0.490 e. The Morgan fingerprint density at radius 1 is 1.75 bits per heavy atom. The van der Waals surface area contributed by atoms with E-state index >= 15 is 0 Å². The molecule has 0 spiro atoms. The molecule has 16 heavy (non-hydrogen) atoms. The second-order valence-corrected chi connectivity index (χ2v) is 2.84. The van der Waals surface area contributed by atoms with Crippen LogP contribution in [0.1, 0.15) is 0 Å². The van der Waals surface area contributed by atoms with Crippen LogP contribution in [0.5, 0.6) is 0 Å². The van der Waals surface area contributed by atoms with Gasteiger partial charge in [0.05, 0.1) is 6.61 Å². The van der Waals surface area contributed by atoms with Gasteiger partial charge in [0, 0.05) is 18.8 Å². The molecule has 0 aliphatic rings. The third-order valence-electron chi connectivity index (χ3n) is 1.62. The average Bonchev–Trinajstić information content (AvgIpc) is 2.66. The highest BCUT2D eigenvalue weighted by Gasteiger charge is 2.14. The molecule has 0 unspecified atom stereocenters. The third-order valence-corrected chi connectivity index (χ3v) is 1.62. The van der Waals surface area contributed by atoms with E-state index in [1.807, 2.05) is 0 Å². The van der Waals surface area contributed by atoms with Gasteiger partial charge in [0.25, 0.3) is 0 Å². The number of hydrogen-bond acceptors (Lipinski definition) is 6. The van der Waals surface area contributed by atoms with Crippen molar-refractivity contribution in [3.63, 3.8) is 0 Å². The second-order valence-electron chi connectivity index (χ2n) is 2.84. The van der Waals surface area contributed by atoms with Crippen molar-refractivity contribution in [2.24, 2.45) is 0 Å². The second kappa shape index (κ2) is 5.75. The number of nitrogens with one attached hydrogen (secondary N) is 1. The first kappa shape index (κ1) is 12.0. The molecule has 0 bridgehead atoms. The van der Waals surface area contributed by atoms with Crippen LogP contribution in [0.15, 0.2) is 6.33 Å². The molecular formula is C7H11N5O4. The van der Waals surface area contributed by atoms with Crippen molar-refractivity contribution in [3.05, 3.63) is 16.4 Å². The van der Waals surface area contributed by atoms with Crippen LogP contribution in [-0.2, 0) is 16.1 Å². The molecule has 1 heterocycles. The molecule has 0 radical (unpaired) electrons. The Labute approximate surface area is 90.6 Å². The number of nitrogens with zero attached hydrogens (tertiary/aromatic N) is 4. The zero-order valence-corrected chi connectivity index (χ0v) is 8.62. The lowest BCUT2D eigenvalue weighted by Crippen LogP contribution is -2.30. The molecule has 0 fully saturated rings. The van der Waals surface area contributed by atoms with Crippen LogP contribution in [0.25, 0.3) is 0 Å². The molecule has 9 nitrogen and oxygen atoms in total. The van der Waals surface area contributed by atoms with Gasteiger partial charge in [-0.15, -0.1) is 0 Å². The van der Waals surface area contributed by atoms with E-state index in [0.29, 0.717) is 13.2 Å². The monoisotopic (exact) mass is 229 g/mol. The third kappa shape index (κ3) is 3.61. The number of nitro groups is 1. The zero-order valence-electron chi connectivity index (χ0n) is 8.62. The zero-order chi connectivity index (χ0) is 12.0. The van der Waals surface area contributed by atoms with E-state index in [1.54, 1.807) is 0 Å². The predicted molar refractivity (Wildman–Crippen MR) is 51.6 cm³/mol. The summed E-state index contributed by atoms with van der Waals surface area (Å²) in [4.78, 5) is 24.2. The lowest BCUT2D eigenvalue weighted by atomic mass is 10.5.